The lowest BCUT2D eigenvalue weighted by Gasteiger charge is -2.19. The smallest absolute Gasteiger partial charge is 0.204 e. The number of nitrogens with zero attached hydrogens (tertiary/aromatic N) is 4. The predicted octanol–water partition coefficient (Wildman–Crippen LogP) is 3.64. The Kier molecular flexibility index (Phi) is 4.63. The number of rotatable bonds is 6. The fourth-order valence-corrected chi connectivity index (χ4v) is 2.49. The van der Waals surface area contributed by atoms with E-state index in [1.165, 1.54) is 0 Å². The summed E-state index contributed by atoms with van der Waals surface area (Å²) in [5, 5.41) is 18.1. The second-order valence-electron chi connectivity index (χ2n) is 4.97. The molecule has 0 saturated heterocycles. The molecule has 3 aromatic rings. The molecular weight excluding hydrogens is 312 g/mol. The number of aromatic amines is 1. The van der Waals surface area contributed by atoms with E-state index in [1.54, 1.807) is 12.4 Å². The molecule has 3 rings (SSSR count). The van der Waals surface area contributed by atoms with E-state index in [2.05, 4.69) is 37.5 Å². The molecule has 1 aromatic carbocycles. The molecule has 23 heavy (non-hydrogen) atoms. The summed E-state index contributed by atoms with van der Waals surface area (Å²) in [4.78, 5) is 4.10. The van der Waals surface area contributed by atoms with Crippen LogP contribution < -0.4 is 5.32 Å². The van der Waals surface area contributed by atoms with Crippen molar-refractivity contribution in [3.63, 3.8) is 0 Å². The zero-order valence-electron chi connectivity index (χ0n) is 12.3. The van der Waals surface area contributed by atoms with Crippen molar-refractivity contribution >= 4 is 17.3 Å². The van der Waals surface area contributed by atoms with Gasteiger partial charge in [-0.25, -0.2) is 0 Å². The van der Waals surface area contributed by atoms with Crippen LogP contribution in [-0.4, -0.2) is 25.6 Å². The van der Waals surface area contributed by atoms with Gasteiger partial charge in [-0.2, -0.15) is 5.21 Å². The van der Waals surface area contributed by atoms with Crippen molar-refractivity contribution in [1.29, 1.82) is 0 Å². The highest BCUT2D eigenvalue weighted by atomic mass is 35.5. The maximum absolute atomic E-state index is 5.99. The molecule has 116 valence electrons. The third-order valence-corrected chi connectivity index (χ3v) is 3.55. The van der Waals surface area contributed by atoms with Gasteiger partial charge >= 0.3 is 0 Å². The average molecular weight is 327 g/mol. The largest absolute Gasteiger partial charge is 0.377 e. The fraction of sp³-hybridized carbons (Fsp3) is 0.125. The second kappa shape index (κ2) is 7.02. The van der Waals surface area contributed by atoms with Crippen LogP contribution in [-0.2, 0) is 0 Å². The molecule has 2 heterocycles. The van der Waals surface area contributed by atoms with Gasteiger partial charge in [-0.1, -0.05) is 35.9 Å². The number of H-pyrrole nitrogens is 1. The molecular formula is C16H15ClN6. The first-order valence-electron chi connectivity index (χ1n) is 7.08. The molecule has 1 atom stereocenters. The minimum absolute atomic E-state index is 0.0413. The number of pyridine rings is 1. The standard InChI is InChI=1S/C16H15ClN6/c1-2-4-15(19-14-8-13(17)9-18-10-14)11-5-3-6-12(7-11)16-20-22-23-21-16/h2-3,5-10,15,19H,1,4H2,(H,20,21,22,23)/t15-/m0/s1. The summed E-state index contributed by atoms with van der Waals surface area (Å²) < 4.78 is 0. The van der Waals surface area contributed by atoms with Crippen LogP contribution in [0.1, 0.15) is 18.0 Å². The van der Waals surface area contributed by atoms with Crippen molar-refractivity contribution < 1.29 is 0 Å². The third kappa shape index (κ3) is 3.73. The zero-order chi connectivity index (χ0) is 16.1. The van der Waals surface area contributed by atoms with Crippen molar-refractivity contribution in [2.45, 2.75) is 12.5 Å². The molecule has 0 aliphatic carbocycles. The van der Waals surface area contributed by atoms with Gasteiger partial charge in [-0.15, -0.1) is 16.8 Å². The maximum atomic E-state index is 5.99. The Labute approximate surface area is 138 Å². The summed E-state index contributed by atoms with van der Waals surface area (Å²) in [6.07, 6.45) is 5.97. The van der Waals surface area contributed by atoms with Gasteiger partial charge in [0.15, 0.2) is 0 Å². The van der Waals surface area contributed by atoms with Gasteiger partial charge in [0.1, 0.15) is 0 Å². The lowest BCUT2D eigenvalue weighted by Crippen LogP contribution is -2.10. The zero-order valence-corrected chi connectivity index (χ0v) is 13.0. The molecule has 0 aliphatic heterocycles. The SMILES string of the molecule is C=CC[C@H](Nc1cncc(Cl)c1)c1cccc(-c2nn[nH]n2)c1. The van der Waals surface area contributed by atoms with E-state index in [0.717, 1.165) is 23.2 Å². The molecule has 0 unspecified atom stereocenters. The number of halogens is 1. The summed E-state index contributed by atoms with van der Waals surface area (Å²) in [5.41, 5.74) is 2.85. The Balaban J connectivity index is 1.89. The van der Waals surface area contributed by atoms with E-state index in [0.29, 0.717) is 10.8 Å². The van der Waals surface area contributed by atoms with Crippen LogP contribution in [0.5, 0.6) is 0 Å². The average Bonchev–Trinajstić information content (AvgIpc) is 3.09. The molecule has 0 fully saturated rings. The Morgan fingerprint density at radius 2 is 2.22 bits per heavy atom. The van der Waals surface area contributed by atoms with Crippen LogP contribution in [0.4, 0.5) is 5.69 Å². The number of benzene rings is 1. The molecule has 0 saturated carbocycles. The number of hydrogen-bond donors (Lipinski definition) is 2. The van der Waals surface area contributed by atoms with Crippen LogP contribution in [0.3, 0.4) is 0 Å². The van der Waals surface area contributed by atoms with E-state index < -0.39 is 0 Å². The number of nitrogens with one attached hydrogen (secondary N) is 2. The first kappa shape index (κ1) is 15.2. The van der Waals surface area contributed by atoms with E-state index in [-0.39, 0.29) is 6.04 Å². The third-order valence-electron chi connectivity index (χ3n) is 3.34. The molecule has 0 bridgehead atoms. The minimum atomic E-state index is 0.0413. The summed E-state index contributed by atoms with van der Waals surface area (Å²) >= 11 is 5.99. The summed E-state index contributed by atoms with van der Waals surface area (Å²) in [6.45, 7) is 3.84. The first-order valence-corrected chi connectivity index (χ1v) is 7.46. The molecule has 7 heteroatoms. The van der Waals surface area contributed by atoms with Crippen LogP contribution in [0.2, 0.25) is 5.02 Å². The quantitative estimate of drug-likeness (QED) is 0.676. The fourth-order valence-electron chi connectivity index (χ4n) is 2.32. The van der Waals surface area contributed by atoms with E-state index in [4.69, 9.17) is 11.6 Å². The van der Waals surface area contributed by atoms with Crippen LogP contribution in [0.25, 0.3) is 11.4 Å². The number of aromatic nitrogens is 5. The monoisotopic (exact) mass is 326 g/mol. The van der Waals surface area contributed by atoms with E-state index in [9.17, 15) is 0 Å². The van der Waals surface area contributed by atoms with Gasteiger partial charge in [0.2, 0.25) is 5.82 Å². The Morgan fingerprint density at radius 3 is 2.96 bits per heavy atom. The van der Waals surface area contributed by atoms with Crippen molar-refractivity contribution in [1.82, 2.24) is 25.6 Å². The van der Waals surface area contributed by atoms with E-state index >= 15 is 0 Å². The van der Waals surface area contributed by atoms with Gasteiger partial charge in [0, 0.05) is 11.8 Å². The van der Waals surface area contributed by atoms with Gasteiger partial charge in [-0.05, 0) is 29.3 Å². The number of anilines is 1. The van der Waals surface area contributed by atoms with Gasteiger partial charge in [0.25, 0.3) is 0 Å². The molecule has 6 nitrogen and oxygen atoms in total. The molecule has 2 aromatic heterocycles. The van der Waals surface area contributed by atoms with Crippen molar-refractivity contribution in [3.8, 4) is 11.4 Å². The highest BCUT2D eigenvalue weighted by Crippen LogP contribution is 2.26. The Morgan fingerprint density at radius 1 is 1.30 bits per heavy atom. The topological polar surface area (TPSA) is 79.4 Å². The molecule has 0 radical (unpaired) electrons. The van der Waals surface area contributed by atoms with Crippen molar-refractivity contribution in [3.05, 3.63) is 66.0 Å². The highest BCUT2D eigenvalue weighted by molar-refractivity contribution is 6.30. The summed E-state index contributed by atoms with van der Waals surface area (Å²) in [7, 11) is 0. The first-order chi connectivity index (χ1) is 11.3. The van der Waals surface area contributed by atoms with Crippen molar-refractivity contribution in [2.75, 3.05) is 5.32 Å². The second-order valence-corrected chi connectivity index (χ2v) is 5.41. The van der Waals surface area contributed by atoms with Gasteiger partial charge < -0.3 is 5.32 Å². The normalized spacial score (nSPS) is 11.9. The maximum Gasteiger partial charge on any atom is 0.204 e. The summed E-state index contributed by atoms with van der Waals surface area (Å²) in [5.74, 6) is 0.564. The van der Waals surface area contributed by atoms with Gasteiger partial charge in [0.05, 0.1) is 22.9 Å². The van der Waals surface area contributed by atoms with Crippen molar-refractivity contribution in [2.24, 2.45) is 0 Å². The molecule has 0 spiro atoms. The van der Waals surface area contributed by atoms with Gasteiger partial charge in [-0.3, -0.25) is 4.98 Å². The lowest BCUT2D eigenvalue weighted by molar-refractivity contribution is 0.798. The molecule has 0 amide bonds. The Bertz CT molecular complexity index is 787. The lowest BCUT2D eigenvalue weighted by atomic mass is 10.0. The molecule has 2 N–H and O–H groups in total. The number of hydrogen-bond acceptors (Lipinski definition) is 5. The summed E-state index contributed by atoms with van der Waals surface area (Å²) in [6, 6.07) is 9.87. The Hall–Kier alpha value is -2.73. The molecule has 0 aliphatic rings. The van der Waals surface area contributed by atoms with E-state index in [1.807, 2.05) is 36.4 Å². The number of tetrazole rings is 1. The predicted molar refractivity (Wildman–Crippen MR) is 90.0 cm³/mol. The van der Waals surface area contributed by atoms with Crippen LogP contribution >= 0.6 is 11.6 Å². The highest BCUT2D eigenvalue weighted by Gasteiger charge is 2.12. The van der Waals surface area contributed by atoms with Crippen LogP contribution in [0, 0.1) is 0 Å². The minimum Gasteiger partial charge on any atom is -0.377 e. The van der Waals surface area contributed by atoms with Crippen LogP contribution in [0.15, 0.2) is 55.4 Å².